The fraction of sp³-hybridized carbons (Fsp3) is 0.500. The molecule has 1 aliphatic rings. The molecule has 0 N–H and O–H groups in total. The molecule has 0 radical (unpaired) electrons. The Morgan fingerprint density at radius 1 is 1.56 bits per heavy atom. The van der Waals surface area contributed by atoms with Crippen LogP contribution in [0.4, 0.5) is 4.39 Å². The average Bonchev–Trinajstić information content (AvgIpc) is 2.66. The average molecular weight is 244 g/mol. The van der Waals surface area contributed by atoms with Gasteiger partial charge in [-0.2, -0.15) is 4.31 Å². The standard InChI is InChI=1S/C10H13FN2O2S/c1-8-4-6-13(7-8)16(14,15)10-9(11)3-2-5-12-10/h2-3,5,8H,4,6-7H2,1H3. The Labute approximate surface area is 94.2 Å². The summed E-state index contributed by atoms with van der Waals surface area (Å²) in [5.74, 6) is -0.469. The van der Waals surface area contributed by atoms with Crippen LogP contribution >= 0.6 is 0 Å². The second-order valence-electron chi connectivity index (χ2n) is 4.05. The van der Waals surface area contributed by atoms with Crippen molar-refractivity contribution in [2.75, 3.05) is 13.1 Å². The van der Waals surface area contributed by atoms with Gasteiger partial charge in [0.05, 0.1) is 0 Å². The third-order valence-corrected chi connectivity index (χ3v) is 4.50. The van der Waals surface area contributed by atoms with E-state index in [4.69, 9.17) is 0 Å². The fourth-order valence-corrected chi connectivity index (χ4v) is 3.35. The normalized spacial score (nSPS) is 22.5. The molecule has 2 rings (SSSR count). The molecule has 88 valence electrons. The van der Waals surface area contributed by atoms with Crippen molar-refractivity contribution in [3.63, 3.8) is 0 Å². The maximum Gasteiger partial charge on any atom is 0.263 e. The molecular weight excluding hydrogens is 231 g/mol. The summed E-state index contributed by atoms with van der Waals surface area (Å²) in [7, 11) is -3.76. The van der Waals surface area contributed by atoms with Crippen molar-refractivity contribution < 1.29 is 12.8 Å². The van der Waals surface area contributed by atoms with Gasteiger partial charge in [-0.25, -0.2) is 17.8 Å². The second-order valence-corrected chi connectivity index (χ2v) is 5.90. The molecule has 0 spiro atoms. The lowest BCUT2D eigenvalue weighted by Crippen LogP contribution is -2.30. The van der Waals surface area contributed by atoms with Crippen LogP contribution in [0.25, 0.3) is 0 Å². The van der Waals surface area contributed by atoms with Gasteiger partial charge in [0.2, 0.25) is 5.03 Å². The van der Waals surface area contributed by atoms with Gasteiger partial charge in [0.1, 0.15) is 0 Å². The van der Waals surface area contributed by atoms with E-state index in [0.717, 1.165) is 12.5 Å². The summed E-state index contributed by atoms with van der Waals surface area (Å²) < 4.78 is 38.7. The molecule has 4 nitrogen and oxygen atoms in total. The van der Waals surface area contributed by atoms with E-state index in [9.17, 15) is 12.8 Å². The first-order chi connectivity index (χ1) is 7.51. The van der Waals surface area contributed by atoms with Gasteiger partial charge in [0, 0.05) is 19.3 Å². The van der Waals surface area contributed by atoms with E-state index in [-0.39, 0.29) is 0 Å². The smallest absolute Gasteiger partial charge is 0.241 e. The molecule has 0 amide bonds. The van der Waals surface area contributed by atoms with E-state index >= 15 is 0 Å². The summed E-state index contributed by atoms with van der Waals surface area (Å²) >= 11 is 0. The summed E-state index contributed by atoms with van der Waals surface area (Å²) in [5.41, 5.74) is 0. The molecule has 16 heavy (non-hydrogen) atoms. The van der Waals surface area contributed by atoms with Crippen LogP contribution in [0.5, 0.6) is 0 Å². The Morgan fingerprint density at radius 3 is 2.88 bits per heavy atom. The zero-order valence-corrected chi connectivity index (χ0v) is 9.74. The molecule has 1 fully saturated rings. The molecule has 0 saturated carbocycles. The van der Waals surface area contributed by atoms with Crippen LogP contribution in [0, 0.1) is 11.7 Å². The highest BCUT2D eigenvalue weighted by molar-refractivity contribution is 7.89. The summed E-state index contributed by atoms with van der Waals surface area (Å²) in [6, 6.07) is 2.49. The van der Waals surface area contributed by atoms with Gasteiger partial charge < -0.3 is 0 Å². The quantitative estimate of drug-likeness (QED) is 0.786. The monoisotopic (exact) mass is 244 g/mol. The molecule has 1 aromatic heterocycles. The van der Waals surface area contributed by atoms with Crippen molar-refractivity contribution in [3.05, 3.63) is 24.1 Å². The summed E-state index contributed by atoms with van der Waals surface area (Å²) in [6.07, 6.45) is 2.10. The number of hydrogen-bond donors (Lipinski definition) is 0. The Morgan fingerprint density at radius 2 is 2.31 bits per heavy atom. The predicted octanol–water partition coefficient (Wildman–Crippen LogP) is 1.25. The molecule has 1 atom stereocenters. The maximum atomic E-state index is 13.4. The molecule has 2 heterocycles. The summed E-state index contributed by atoms with van der Waals surface area (Å²) in [5, 5.41) is -0.468. The van der Waals surface area contributed by atoms with Gasteiger partial charge in [0.25, 0.3) is 10.0 Å². The minimum atomic E-state index is -3.76. The fourth-order valence-electron chi connectivity index (χ4n) is 1.80. The SMILES string of the molecule is CC1CCN(S(=O)(=O)c2ncccc2F)C1. The first kappa shape index (κ1) is 11.5. The van der Waals surface area contributed by atoms with Gasteiger partial charge in [0.15, 0.2) is 5.82 Å². The van der Waals surface area contributed by atoms with E-state index in [1.165, 1.54) is 16.6 Å². The number of nitrogens with zero attached hydrogens (tertiary/aromatic N) is 2. The van der Waals surface area contributed by atoms with E-state index < -0.39 is 20.9 Å². The Hall–Kier alpha value is -1.01. The van der Waals surface area contributed by atoms with Gasteiger partial charge >= 0.3 is 0 Å². The lowest BCUT2D eigenvalue weighted by molar-refractivity contribution is 0.453. The Balaban J connectivity index is 2.36. The lowest BCUT2D eigenvalue weighted by atomic mass is 10.2. The largest absolute Gasteiger partial charge is 0.263 e. The molecule has 1 saturated heterocycles. The molecule has 0 bridgehead atoms. The van der Waals surface area contributed by atoms with Crippen LogP contribution in [0.2, 0.25) is 0 Å². The molecule has 0 aliphatic carbocycles. The lowest BCUT2D eigenvalue weighted by Gasteiger charge is -2.15. The van der Waals surface area contributed by atoms with Crippen molar-refractivity contribution >= 4 is 10.0 Å². The molecular formula is C10H13FN2O2S. The van der Waals surface area contributed by atoms with Crippen LogP contribution in [0.3, 0.4) is 0 Å². The summed E-state index contributed by atoms with van der Waals surface area (Å²) in [6.45, 7) is 2.86. The van der Waals surface area contributed by atoms with Gasteiger partial charge in [-0.05, 0) is 24.5 Å². The number of sulfonamides is 1. The zero-order chi connectivity index (χ0) is 11.8. The number of hydrogen-bond acceptors (Lipinski definition) is 3. The van der Waals surface area contributed by atoms with Gasteiger partial charge in [-0.15, -0.1) is 0 Å². The number of rotatable bonds is 2. The van der Waals surface area contributed by atoms with Gasteiger partial charge in [-0.1, -0.05) is 6.92 Å². The number of halogens is 1. The molecule has 0 aromatic carbocycles. The molecule has 1 aromatic rings. The first-order valence-electron chi connectivity index (χ1n) is 5.12. The van der Waals surface area contributed by atoms with Gasteiger partial charge in [-0.3, -0.25) is 0 Å². The predicted molar refractivity (Wildman–Crippen MR) is 56.7 cm³/mol. The molecule has 1 unspecified atom stereocenters. The van der Waals surface area contributed by atoms with Crippen LogP contribution in [-0.4, -0.2) is 30.8 Å². The van der Waals surface area contributed by atoms with Crippen LogP contribution in [0.15, 0.2) is 23.4 Å². The highest BCUT2D eigenvalue weighted by Gasteiger charge is 2.33. The first-order valence-corrected chi connectivity index (χ1v) is 6.56. The maximum absolute atomic E-state index is 13.4. The minimum absolute atomic E-state index is 0.321. The molecule has 1 aliphatic heterocycles. The van der Waals surface area contributed by atoms with Crippen LogP contribution in [-0.2, 0) is 10.0 Å². The Kier molecular flexibility index (Phi) is 2.94. The Bertz CT molecular complexity index is 489. The summed E-state index contributed by atoms with van der Waals surface area (Å²) in [4.78, 5) is 3.61. The van der Waals surface area contributed by atoms with E-state index in [1.54, 1.807) is 0 Å². The van der Waals surface area contributed by atoms with Crippen LogP contribution in [0.1, 0.15) is 13.3 Å². The zero-order valence-electron chi connectivity index (χ0n) is 8.93. The highest BCUT2D eigenvalue weighted by Crippen LogP contribution is 2.23. The number of aromatic nitrogens is 1. The third kappa shape index (κ3) is 1.94. The molecule has 6 heteroatoms. The van der Waals surface area contributed by atoms with Crippen molar-refractivity contribution in [2.45, 2.75) is 18.4 Å². The topological polar surface area (TPSA) is 50.3 Å². The van der Waals surface area contributed by atoms with E-state index in [2.05, 4.69) is 4.98 Å². The van der Waals surface area contributed by atoms with E-state index in [1.807, 2.05) is 6.92 Å². The van der Waals surface area contributed by atoms with Crippen LogP contribution < -0.4 is 0 Å². The second kappa shape index (κ2) is 4.10. The highest BCUT2D eigenvalue weighted by atomic mass is 32.2. The van der Waals surface area contributed by atoms with Crippen molar-refractivity contribution in [2.24, 2.45) is 5.92 Å². The van der Waals surface area contributed by atoms with E-state index in [0.29, 0.717) is 19.0 Å². The minimum Gasteiger partial charge on any atom is -0.241 e. The van der Waals surface area contributed by atoms with Crippen molar-refractivity contribution in [1.82, 2.24) is 9.29 Å². The third-order valence-electron chi connectivity index (χ3n) is 2.70. The van der Waals surface area contributed by atoms with Crippen molar-refractivity contribution in [1.29, 1.82) is 0 Å². The number of pyridine rings is 1. The van der Waals surface area contributed by atoms with Crippen molar-refractivity contribution in [3.8, 4) is 0 Å².